The van der Waals surface area contributed by atoms with Crippen LogP contribution in [0.5, 0.6) is 0 Å². The second kappa shape index (κ2) is 7.30. The highest BCUT2D eigenvalue weighted by Gasteiger charge is 2.37. The van der Waals surface area contributed by atoms with Crippen molar-refractivity contribution in [1.82, 2.24) is 14.8 Å². The summed E-state index contributed by atoms with van der Waals surface area (Å²) in [6.07, 6.45) is 9.80. The molecular formula is C18H27N3O2. The van der Waals surface area contributed by atoms with Gasteiger partial charge in [0.15, 0.2) is 0 Å². The van der Waals surface area contributed by atoms with Gasteiger partial charge in [0.25, 0.3) is 0 Å². The molecule has 0 saturated carbocycles. The Morgan fingerprint density at radius 2 is 1.96 bits per heavy atom. The van der Waals surface area contributed by atoms with Gasteiger partial charge in [-0.2, -0.15) is 0 Å². The lowest BCUT2D eigenvalue weighted by Crippen LogP contribution is -2.45. The highest BCUT2D eigenvalue weighted by Crippen LogP contribution is 2.39. The molecule has 0 radical (unpaired) electrons. The van der Waals surface area contributed by atoms with Crippen molar-refractivity contribution in [2.24, 2.45) is 0 Å². The largest absolute Gasteiger partial charge is 0.465 e. The number of piperidine rings is 1. The number of pyridine rings is 1. The molecular weight excluding hydrogens is 290 g/mol. The number of hydrogen-bond donors (Lipinski definition) is 1. The Labute approximate surface area is 138 Å². The molecule has 2 aliphatic heterocycles. The van der Waals surface area contributed by atoms with E-state index in [1.54, 1.807) is 4.90 Å². The Bertz CT molecular complexity index is 506. The molecule has 2 saturated heterocycles. The maximum absolute atomic E-state index is 11.2. The first-order chi connectivity index (χ1) is 11.2. The van der Waals surface area contributed by atoms with E-state index in [0.29, 0.717) is 13.1 Å². The van der Waals surface area contributed by atoms with Gasteiger partial charge in [-0.3, -0.25) is 4.98 Å². The molecule has 5 heteroatoms. The minimum absolute atomic E-state index is 0.0972. The van der Waals surface area contributed by atoms with E-state index in [9.17, 15) is 9.90 Å². The number of amides is 1. The third kappa shape index (κ3) is 3.83. The Morgan fingerprint density at radius 1 is 1.22 bits per heavy atom. The maximum atomic E-state index is 11.2. The summed E-state index contributed by atoms with van der Waals surface area (Å²) in [5.74, 6) is 0. The summed E-state index contributed by atoms with van der Waals surface area (Å²) in [5.41, 5.74) is 1.38. The van der Waals surface area contributed by atoms with Crippen LogP contribution >= 0.6 is 0 Å². The van der Waals surface area contributed by atoms with Crippen molar-refractivity contribution in [2.45, 2.75) is 43.9 Å². The van der Waals surface area contributed by atoms with Crippen molar-refractivity contribution in [3.8, 4) is 0 Å². The van der Waals surface area contributed by atoms with E-state index < -0.39 is 6.09 Å². The van der Waals surface area contributed by atoms with Gasteiger partial charge in [0.2, 0.25) is 0 Å². The van der Waals surface area contributed by atoms with Crippen LogP contribution in [0.25, 0.3) is 0 Å². The van der Waals surface area contributed by atoms with Gasteiger partial charge >= 0.3 is 6.09 Å². The number of carbonyl (C=O) groups is 1. The topological polar surface area (TPSA) is 56.7 Å². The second-order valence-corrected chi connectivity index (χ2v) is 6.94. The molecule has 23 heavy (non-hydrogen) atoms. The molecule has 2 aliphatic rings. The molecule has 0 spiro atoms. The third-order valence-corrected chi connectivity index (χ3v) is 5.59. The molecule has 1 aromatic rings. The molecule has 0 aromatic carbocycles. The smallest absolute Gasteiger partial charge is 0.407 e. The highest BCUT2D eigenvalue weighted by atomic mass is 16.4. The quantitative estimate of drug-likeness (QED) is 0.907. The second-order valence-electron chi connectivity index (χ2n) is 6.94. The first-order valence-electron chi connectivity index (χ1n) is 8.80. The lowest BCUT2D eigenvalue weighted by molar-refractivity contribution is 0.112. The molecule has 0 bridgehead atoms. The summed E-state index contributed by atoms with van der Waals surface area (Å²) in [7, 11) is 0. The Kier molecular flexibility index (Phi) is 5.16. The molecule has 1 N–H and O–H groups in total. The van der Waals surface area contributed by atoms with Crippen LogP contribution in [-0.4, -0.2) is 58.7 Å². The average molecular weight is 317 g/mol. The van der Waals surface area contributed by atoms with Crippen molar-refractivity contribution >= 4 is 6.09 Å². The van der Waals surface area contributed by atoms with Crippen LogP contribution in [0.1, 0.15) is 44.1 Å². The Hall–Kier alpha value is -1.62. The zero-order chi connectivity index (χ0) is 16.1. The van der Waals surface area contributed by atoms with Crippen LogP contribution in [0.4, 0.5) is 4.79 Å². The summed E-state index contributed by atoms with van der Waals surface area (Å²) >= 11 is 0. The molecule has 0 unspecified atom stereocenters. The normalized spacial score (nSPS) is 21.5. The minimum atomic E-state index is -0.790. The van der Waals surface area contributed by atoms with E-state index in [-0.39, 0.29) is 5.41 Å². The third-order valence-electron chi connectivity index (χ3n) is 5.59. The van der Waals surface area contributed by atoms with E-state index in [2.05, 4.69) is 16.0 Å². The molecule has 3 rings (SSSR count). The van der Waals surface area contributed by atoms with E-state index in [1.807, 2.05) is 18.5 Å². The van der Waals surface area contributed by atoms with Gasteiger partial charge < -0.3 is 14.9 Å². The van der Waals surface area contributed by atoms with Gasteiger partial charge in [-0.15, -0.1) is 0 Å². The van der Waals surface area contributed by atoms with E-state index >= 15 is 0 Å². The molecule has 0 aliphatic carbocycles. The van der Waals surface area contributed by atoms with Gasteiger partial charge in [-0.1, -0.05) is 6.07 Å². The van der Waals surface area contributed by atoms with Gasteiger partial charge in [0, 0.05) is 30.9 Å². The number of likely N-dealkylation sites (tertiary alicyclic amines) is 2. The standard InChI is InChI=1S/C18H27N3O2/c22-17(23)21-13-7-18(8-14-21,16-5-3-9-19-15-16)6-4-12-20-10-1-2-11-20/h3,5,9,15H,1-2,4,6-8,10-14H2,(H,22,23). The monoisotopic (exact) mass is 317 g/mol. The Morgan fingerprint density at radius 3 is 2.57 bits per heavy atom. The highest BCUT2D eigenvalue weighted by molar-refractivity contribution is 5.65. The summed E-state index contributed by atoms with van der Waals surface area (Å²) in [6.45, 7) is 4.92. The van der Waals surface area contributed by atoms with Gasteiger partial charge in [-0.05, 0) is 69.8 Å². The predicted octanol–water partition coefficient (Wildman–Crippen LogP) is 2.97. The maximum Gasteiger partial charge on any atom is 0.407 e. The van der Waals surface area contributed by atoms with Crippen molar-refractivity contribution in [1.29, 1.82) is 0 Å². The Balaban J connectivity index is 1.66. The zero-order valence-corrected chi connectivity index (χ0v) is 13.8. The average Bonchev–Trinajstić information content (AvgIpc) is 3.09. The van der Waals surface area contributed by atoms with Gasteiger partial charge in [0.1, 0.15) is 0 Å². The number of aromatic nitrogens is 1. The van der Waals surface area contributed by atoms with Crippen molar-refractivity contribution in [3.63, 3.8) is 0 Å². The van der Waals surface area contributed by atoms with Crippen LogP contribution in [0, 0.1) is 0 Å². The summed E-state index contributed by atoms with van der Waals surface area (Å²) in [6, 6.07) is 4.17. The minimum Gasteiger partial charge on any atom is -0.465 e. The molecule has 1 aromatic heterocycles. The molecule has 2 fully saturated rings. The number of hydrogen-bond acceptors (Lipinski definition) is 3. The van der Waals surface area contributed by atoms with Crippen molar-refractivity contribution in [3.05, 3.63) is 30.1 Å². The summed E-state index contributed by atoms with van der Waals surface area (Å²) in [4.78, 5) is 19.6. The fourth-order valence-electron chi connectivity index (χ4n) is 4.13. The number of nitrogens with zero attached hydrogens (tertiary/aromatic N) is 3. The van der Waals surface area contributed by atoms with Crippen LogP contribution in [0.3, 0.4) is 0 Å². The van der Waals surface area contributed by atoms with Crippen LogP contribution in [0.15, 0.2) is 24.5 Å². The lowest BCUT2D eigenvalue weighted by Gasteiger charge is -2.41. The summed E-state index contributed by atoms with van der Waals surface area (Å²) < 4.78 is 0. The SMILES string of the molecule is O=C(O)N1CCC(CCCN2CCCC2)(c2cccnc2)CC1. The molecule has 0 atom stereocenters. The van der Waals surface area contributed by atoms with E-state index in [0.717, 1.165) is 19.3 Å². The molecule has 5 nitrogen and oxygen atoms in total. The van der Waals surface area contributed by atoms with E-state index in [4.69, 9.17) is 0 Å². The molecule has 3 heterocycles. The first kappa shape index (κ1) is 16.2. The van der Waals surface area contributed by atoms with Crippen LogP contribution < -0.4 is 0 Å². The molecule has 1 amide bonds. The fourth-order valence-corrected chi connectivity index (χ4v) is 4.13. The van der Waals surface area contributed by atoms with Crippen LogP contribution in [-0.2, 0) is 5.41 Å². The fraction of sp³-hybridized carbons (Fsp3) is 0.667. The predicted molar refractivity (Wildman–Crippen MR) is 89.7 cm³/mol. The zero-order valence-electron chi connectivity index (χ0n) is 13.8. The van der Waals surface area contributed by atoms with Gasteiger partial charge in [0.05, 0.1) is 0 Å². The van der Waals surface area contributed by atoms with Gasteiger partial charge in [-0.25, -0.2) is 4.79 Å². The number of rotatable bonds is 5. The van der Waals surface area contributed by atoms with Crippen LogP contribution in [0.2, 0.25) is 0 Å². The first-order valence-corrected chi connectivity index (χ1v) is 8.80. The summed E-state index contributed by atoms with van der Waals surface area (Å²) in [5, 5.41) is 9.21. The molecule has 126 valence electrons. The number of carboxylic acid groups (broad SMARTS) is 1. The van der Waals surface area contributed by atoms with Crippen molar-refractivity contribution in [2.75, 3.05) is 32.7 Å². The van der Waals surface area contributed by atoms with E-state index in [1.165, 1.54) is 44.5 Å². The lowest BCUT2D eigenvalue weighted by atomic mass is 9.70. The van der Waals surface area contributed by atoms with Crippen molar-refractivity contribution < 1.29 is 9.90 Å².